The maximum Gasteiger partial charge on any atom is 0.191 e. The summed E-state index contributed by atoms with van der Waals surface area (Å²) in [5.74, 6) is 1.84. The van der Waals surface area contributed by atoms with Crippen molar-refractivity contribution in [3.63, 3.8) is 0 Å². The second kappa shape index (κ2) is 13.5. The topological polar surface area (TPSA) is 71.3 Å². The van der Waals surface area contributed by atoms with Gasteiger partial charge in [0.1, 0.15) is 5.76 Å². The van der Waals surface area contributed by atoms with Crippen LogP contribution in [0.5, 0.6) is 0 Å². The molecule has 29 heavy (non-hydrogen) atoms. The van der Waals surface area contributed by atoms with Crippen LogP contribution < -0.4 is 10.6 Å². The fourth-order valence-corrected chi connectivity index (χ4v) is 3.83. The molecule has 0 aliphatic carbocycles. The predicted molar refractivity (Wildman–Crippen MR) is 126 cm³/mol. The number of rotatable bonds is 10. The second-order valence-electron chi connectivity index (χ2n) is 7.73. The highest BCUT2D eigenvalue weighted by Crippen LogP contribution is 2.16. The number of halogens is 1. The van der Waals surface area contributed by atoms with Gasteiger partial charge >= 0.3 is 0 Å². The van der Waals surface area contributed by atoms with Crippen LogP contribution in [0.4, 0.5) is 0 Å². The second-order valence-corrected chi connectivity index (χ2v) is 7.73. The summed E-state index contributed by atoms with van der Waals surface area (Å²) in [7, 11) is 0. The van der Waals surface area contributed by atoms with Crippen molar-refractivity contribution in [3.8, 4) is 0 Å². The number of hydrogen-bond acceptors (Lipinski definition) is 5. The molecule has 3 rings (SSSR count). The summed E-state index contributed by atoms with van der Waals surface area (Å²) in [6.45, 7) is 10.4. The summed E-state index contributed by atoms with van der Waals surface area (Å²) in [5, 5.41) is 6.96. The third-order valence-corrected chi connectivity index (χ3v) is 5.46. The van der Waals surface area contributed by atoms with E-state index in [2.05, 4.69) is 29.4 Å². The van der Waals surface area contributed by atoms with E-state index in [-0.39, 0.29) is 36.1 Å². The summed E-state index contributed by atoms with van der Waals surface area (Å²) in [5.41, 5.74) is 0. The van der Waals surface area contributed by atoms with Gasteiger partial charge in [-0.3, -0.25) is 9.89 Å². The van der Waals surface area contributed by atoms with E-state index in [4.69, 9.17) is 18.9 Å². The van der Waals surface area contributed by atoms with Gasteiger partial charge in [-0.1, -0.05) is 6.92 Å². The average molecular weight is 520 g/mol. The molecule has 2 N–H and O–H groups in total. The summed E-state index contributed by atoms with van der Waals surface area (Å²) < 4.78 is 16.8. The zero-order chi connectivity index (χ0) is 19.6. The van der Waals surface area contributed by atoms with Crippen molar-refractivity contribution in [2.75, 3.05) is 46.0 Å². The van der Waals surface area contributed by atoms with Crippen LogP contribution in [0.1, 0.15) is 38.9 Å². The summed E-state index contributed by atoms with van der Waals surface area (Å²) >= 11 is 0. The van der Waals surface area contributed by atoms with E-state index in [9.17, 15) is 0 Å². The minimum atomic E-state index is 0. The van der Waals surface area contributed by atoms with E-state index in [0.29, 0.717) is 19.3 Å². The molecule has 0 spiro atoms. The number of nitrogens with zero attached hydrogens (tertiary/aromatic N) is 2. The lowest BCUT2D eigenvalue weighted by molar-refractivity contribution is 0.0347. The summed E-state index contributed by atoms with van der Waals surface area (Å²) in [6.07, 6.45) is 6.28. The predicted octanol–water partition coefficient (Wildman–Crippen LogP) is 2.65. The molecule has 1 aromatic rings. The Bertz CT molecular complexity index is 578. The zero-order valence-electron chi connectivity index (χ0n) is 17.8. The molecule has 3 unspecified atom stereocenters. The smallest absolute Gasteiger partial charge is 0.191 e. The number of likely N-dealkylation sites (tertiary alicyclic amines) is 1. The average Bonchev–Trinajstić information content (AvgIpc) is 3.47. The molecule has 166 valence electrons. The monoisotopic (exact) mass is 520 g/mol. The molecule has 7 nitrogen and oxygen atoms in total. The van der Waals surface area contributed by atoms with Gasteiger partial charge in [0.05, 0.1) is 32.1 Å². The summed E-state index contributed by atoms with van der Waals surface area (Å²) in [4.78, 5) is 7.41. The molecular weight excluding hydrogens is 483 g/mol. The van der Waals surface area contributed by atoms with E-state index < -0.39 is 0 Å². The molecule has 0 radical (unpaired) electrons. The fourth-order valence-electron chi connectivity index (χ4n) is 3.83. The fraction of sp³-hybridized carbons (Fsp3) is 0.762. The quantitative estimate of drug-likeness (QED) is 0.281. The van der Waals surface area contributed by atoms with Gasteiger partial charge < -0.3 is 24.5 Å². The van der Waals surface area contributed by atoms with Crippen molar-refractivity contribution >= 4 is 29.9 Å². The van der Waals surface area contributed by atoms with Crippen LogP contribution in [-0.4, -0.2) is 75.0 Å². The maximum atomic E-state index is 5.95. The van der Waals surface area contributed by atoms with Gasteiger partial charge in [-0.2, -0.15) is 0 Å². The van der Waals surface area contributed by atoms with E-state index >= 15 is 0 Å². The highest BCUT2D eigenvalue weighted by molar-refractivity contribution is 14.0. The molecule has 0 amide bonds. The van der Waals surface area contributed by atoms with Gasteiger partial charge in [0.25, 0.3) is 0 Å². The van der Waals surface area contributed by atoms with E-state index in [1.165, 1.54) is 19.4 Å². The number of nitrogens with one attached hydrogen (secondary N) is 2. The van der Waals surface area contributed by atoms with E-state index in [0.717, 1.165) is 50.8 Å². The molecule has 0 aromatic carbocycles. The first-order valence-corrected chi connectivity index (χ1v) is 10.7. The first-order chi connectivity index (χ1) is 13.7. The number of hydrogen-bond donors (Lipinski definition) is 2. The third-order valence-electron chi connectivity index (χ3n) is 5.46. The van der Waals surface area contributed by atoms with Crippen LogP contribution in [0, 0.1) is 0 Å². The Labute approximate surface area is 192 Å². The van der Waals surface area contributed by atoms with Crippen LogP contribution in [0.3, 0.4) is 0 Å². The van der Waals surface area contributed by atoms with Crippen LogP contribution in [0.15, 0.2) is 27.8 Å². The lowest BCUT2D eigenvalue weighted by Crippen LogP contribution is -2.46. The molecule has 2 saturated heterocycles. The SMILES string of the molecule is CCN1CCCC1CN=C(NCCc1ccco1)NC(C)COC1CCOC1.I. The Morgan fingerprint density at radius 3 is 3.03 bits per heavy atom. The Balaban J connectivity index is 0.00000300. The molecule has 2 aliphatic heterocycles. The molecule has 2 aliphatic rings. The van der Waals surface area contributed by atoms with Crippen molar-refractivity contribution in [3.05, 3.63) is 24.2 Å². The lowest BCUT2D eigenvalue weighted by atomic mass is 10.2. The van der Waals surface area contributed by atoms with Gasteiger partial charge in [0, 0.05) is 31.7 Å². The van der Waals surface area contributed by atoms with Crippen molar-refractivity contribution in [2.45, 2.75) is 57.7 Å². The van der Waals surface area contributed by atoms with Crippen LogP contribution >= 0.6 is 24.0 Å². The number of aliphatic imine (C=N–C) groups is 1. The molecule has 8 heteroatoms. The molecule has 2 fully saturated rings. The Morgan fingerprint density at radius 1 is 1.41 bits per heavy atom. The normalized spacial score (nSPS) is 23.7. The standard InChI is InChI=1S/C21H36N4O3.HI/c1-3-25-11-4-6-18(25)14-23-21(22-10-8-19-7-5-12-27-19)24-17(2)15-28-20-9-13-26-16-20;/h5,7,12,17-18,20H,3-4,6,8-11,13-16H2,1-2H3,(H2,22,23,24);1H. The minimum absolute atomic E-state index is 0. The van der Waals surface area contributed by atoms with Crippen molar-refractivity contribution in [1.82, 2.24) is 15.5 Å². The molecule has 0 saturated carbocycles. The van der Waals surface area contributed by atoms with Crippen molar-refractivity contribution < 1.29 is 13.9 Å². The summed E-state index contributed by atoms with van der Waals surface area (Å²) in [6, 6.07) is 4.66. The highest BCUT2D eigenvalue weighted by atomic mass is 127. The molecule has 3 atom stereocenters. The van der Waals surface area contributed by atoms with Crippen LogP contribution in [-0.2, 0) is 15.9 Å². The Hall–Kier alpha value is -0.840. The van der Waals surface area contributed by atoms with Gasteiger partial charge in [-0.25, -0.2) is 0 Å². The maximum absolute atomic E-state index is 5.95. The van der Waals surface area contributed by atoms with Crippen LogP contribution in [0.2, 0.25) is 0 Å². The number of likely N-dealkylation sites (N-methyl/N-ethyl adjacent to an activating group) is 1. The van der Waals surface area contributed by atoms with Gasteiger partial charge in [-0.05, 0) is 51.4 Å². The highest BCUT2D eigenvalue weighted by Gasteiger charge is 2.23. The lowest BCUT2D eigenvalue weighted by Gasteiger charge is -2.23. The van der Waals surface area contributed by atoms with E-state index in [1.54, 1.807) is 6.26 Å². The first-order valence-electron chi connectivity index (χ1n) is 10.7. The molecule has 1 aromatic heterocycles. The number of ether oxygens (including phenoxy) is 2. The molecule has 3 heterocycles. The third kappa shape index (κ3) is 8.43. The Morgan fingerprint density at radius 2 is 2.31 bits per heavy atom. The van der Waals surface area contributed by atoms with Gasteiger partial charge in [0.15, 0.2) is 5.96 Å². The largest absolute Gasteiger partial charge is 0.469 e. The Kier molecular flexibility index (Phi) is 11.3. The minimum Gasteiger partial charge on any atom is -0.469 e. The molecule has 0 bridgehead atoms. The first kappa shape index (κ1) is 24.4. The van der Waals surface area contributed by atoms with Crippen molar-refractivity contribution in [2.24, 2.45) is 4.99 Å². The zero-order valence-corrected chi connectivity index (χ0v) is 20.1. The molecular formula is C21H37IN4O3. The number of guanidine groups is 1. The van der Waals surface area contributed by atoms with E-state index in [1.807, 2.05) is 12.1 Å². The van der Waals surface area contributed by atoms with Crippen molar-refractivity contribution in [1.29, 1.82) is 0 Å². The number of furan rings is 1. The van der Waals surface area contributed by atoms with Gasteiger partial charge in [0.2, 0.25) is 0 Å². The van der Waals surface area contributed by atoms with Gasteiger partial charge in [-0.15, -0.1) is 24.0 Å². The van der Waals surface area contributed by atoms with Crippen LogP contribution in [0.25, 0.3) is 0 Å².